The number of hydrogen-bond acceptors (Lipinski definition) is 12. The van der Waals surface area contributed by atoms with Gasteiger partial charge in [-0.1, -0.05) is 58.9 Å². The summed E-state index contributed by atoms with van der Waals surface area (Å²) >= 11 is 0. The highest BCUT2D eigenvalue weighted by molar-refractivity contribution is 5.96. The average molecular weight is 655 g/mol. The van der Waals surface area contributed by atoms with Crippen molar-refractivity contribution in [2.75, 3.05) is 13.2 Å². The van der Waals surface area contributed by atoms with Crippen LogP contribution in [0.2, 0.25) is 0 Å². The molecule has 0 saturated heterocycles. The fourth-order valence-electron chi connectivity index (χ4n) is 8.90. The molecule has 0 radical (unpaired) electrons. The van der Waals surface area contributed by atoms with Gasteiger partial charge in [0, 0.05) is 24.3 Å². The SMILES string of the molecule is CCC1=C(C(=O)OC2C(COC(=O)c3c(CC)noc3CC)=CC34CCC5C(C(C=C(CO)C(O)C23O)C4=O)C5(C)C)C(CC)NO1. The zero-order valence-corrected chi connectivity index (χ0v) is 27.9. The molecule has 12 nitrogen and oxygen atoms in total. The second-order valence-electron chi connectivity index (χ2n) is 14.1. The summed E-state index contributed by atoms with van der Waals surface area (Å²) in [6, 6.07) is -0.480. The van der Waals surface area contributed by atoms with Crippen molar-refractivity contribution < 1.29 is 48.5 Å². The molecule has 0 aromatic carbocycles. The monoisotopic (exact) mass is 654 g/mol. The van der Waals surface area contributed by atoms with Crippen LogP contribution in [0, 0.1) is 28.6 Å². The Morgan fingerprint density at radius 2 is 1.85 bits per heavy atom. The van der Waals surface area contributed by atoms with E-state index in [9.17, 15) is 29.7 Å². The zero-order valence-electron chi connectivity index (χ0n) is 27.9. The van der Waals surface area contributed by atoms with Gasteiger partial charge in [-0.2, -0.15) is 0 Å². The fourth-order valence-corrected chi connectivity index (χ4v) is 8.90. The van der Waals surface area contributed by atoms with Gasteiger partial charge in [0.05, 0.1) is 29.3 Å². The van der Waals surface area contributed by atoms with Crippen molar-refractivity contribution in [3.8, 4) is 0 Å². The van der Waals surface area contributed by atoms with Crippen LogP contribution in [0.25, 0.3) is 0 Å². The van der Waals surface area contributed by atoms with Crippen molar-refractivity contribution in [1.82, 2.24) is 10.6 Å². The first kappa shape index (κ1) is 33.6. The maximum Gasteiger partial charge on any atom is 0.344 e. The van der Waals surface area contributed by atoms with Crippen LogP contribution in [0.5, 0.6) is 0 Å². The van der Waals surface area contributed by atoms with Crippen LogP contribution < -0.4 is 5.48 Å². The van der Waals surface area contributed by atoms with Crippen LogP contribution in [0.3, 0.4) is 0 Å². The molecule has 1 aromatic heterocycles. The molecule has 2 heterocycles. The van der Waals surface area contributed by atoms with E-state index in [1.165, 1.54) is 0 Å². The summed E-state index contributed by atoms with van der Waals surface area (Å²) in [5.74, 6) is -1.60. The lowest BCUT2D eigenvalue weighted by atomic mass is 9.63. The Morgan fingerprint density at radius 1 is 1.11 bits per heavy atom. The molecule has 2 bridgehead atoms. The van der Waals surface area contributed by atoms with Crippen molar-refractivity contribution in [2.24, 2.45) is 28.6 Å². The molecule has 2 fully saturated rings. The van der Waals surface area contributed by atoms with Gasteiger partial charge < -0.3 is 34.2 Å². The zero-order chi connectivity index (χ0) is 34.1. The van der Waals surface area contributed by atoms with Crippen molar-refractivity contribution in [3.05, 3.63) is 51.6 Å². The van der Waals surface area contributed by atoms with Gasteiger partial charge in [0.1, 0.15) is 24.0 Å². The summed E-state index contributed by atoms with van der Waals surface area (Å²) < 4.78 is 17.3. The third kappa shape index (κ3) is 4.77. The number of aliphatic hydroxyl groups is 3. The molecule has 4 aliphatic carbocycles. The summed E-state index contributed by atoms with van der Waals surface area (Å²) in [7, 11) is 0. The van der Waals surface area contributed by atoms with Crippen LogP contribution in [0.1, 0.15) is 89.0 Å². The summed E-state index contributed by atoms with van der Waals surface area (Å²) in [6.07, 6.45) is 2.31. The van der Waals surface area contributed by atoms with E-state index in [1.807, 2.05) is 27.7 Å². The van der Waals surface area contributed by atoms with Crippen molar-refractivity contribution in [1.29, 1.82) is 0 Å². The number of rotatable bonds is 10. The number of esters is 2. The number of aryl methyl sites for hydroxylation is 2. The third-order valence-electron chi connectivity index (χ3n) is 11.6. The van der Waals surface area contributed by atoms with E-state index in [2.05, 4.69) is 24.5 Å². The molecule has 8 unspecified atom stereocenters. The largest absolute Gasteiger partial charge is 0.457 e. The van der Waals surface area contributed by atoms with E-state index in [1.54, 1.807) is 12.2 Å². The number of hydroxylamine groups is 1. The minimum absolute atomic E-state index is 0.0421. The standard InChI is InChI=1S/C35H46N2O10/c1-7-21-25(23(9-3)46-36-21)31(41)44-16-18-14-34-12-11-20-27(33(20,5)6)19(29(34)40)13-17(15-38)28(39)35(34,43)30(18)45-32(42)26-22(8-2)37-47-24(26)10-4/h13-14,19-20,22,27-28,30,37-39,43H,7-12,15-16H2,1-6H3. The first-order valence-corrected chi connectivity index (χ1v) is 16.8. The van der Waals surface area contributed by atoms with Crippen molar-refractivity contribution in [2.45, 2.75) is 104 Å². The Bertz CT molecular complexity index is 1550. The quantitative estimate of drug-likeness (QED) is 0.215. The Labute approximate surface area is 274 Å². The van der Waals surface area contributed by atoms with E-state index < -0.39 is 60.3 Å². The van der Waals surface area contributed by atoms with Crippen LogP contribution in [-0.4, -0.2) is 75.3 Å². The van der Waals surface area contributed by atoms with Crippen LogP contribution >= 0.6 is 0 Å². The molecule has 256 valence electrons. The topological polar surface area (TPSA) is 178 Å². The lowest BCUT2D eigenvalue weighted by molar-refractivity contribution is -0.195. The number of aromatic nitrogens is 1. The van der Waals surface area contributed by atoms with Crippen LogP contribution in [0.15, 0.2) is 39.2 Å². The second kappa shape index (κ2) is 12.0. The highest BCUT2D eigenvalue weighted by Crippen LogP contribution is 2.70. The number of aliphatic hydroxyl groups excluding tert-OH is 2. The maximum atomic E-state index is 14.8. The minimum Gasteiger partial charge on any atom is -0.457 e. The van der Waals surface area contributed by atoms with Crippen LogP contribution in [0.4, 0.5) is 0 Å². The van der Waals surface area contributed by atoms with Crippen LogP contribution in [-0.2, 0) is 36.7 Å². The number of carbonyl (C=O) groups excluding carboxylic acids is 3. The number of ether oxygens (including phenoxy) is 2. The second-order valence-corrected chi connectivity index (χ2v) is 14.1. The number of allylic oxidation sites excluding steroid dienone is 2. The predicted octanol–water partition coefficient (Wildman–Crippen LogP) is 3.05. The van der Waals surface area contributed by atoms with Gasteiger partial charge in [-0.05, 0) is 48.5 Å². The number of ketones is 1. The van der Waals surface area contributed by atoms with E-state index >= 15 is 0 Å². The number of hydrogen-bond donors (Lipinski definition) is 4. The van der Waals surface area contributed by atoms with Crippen molar-refractivity contribution >= 4 is 17.7 Å². The number of Topliss-reactive ketones (excluding diaryl/α,β-unsaturated/α-hetero) is 1. The summed E-state index contributed by atoms with van der Waals surface area (Å²) in [5, 5.41) is 39.3. The highest BCUT2D eigenvalue weighted by Gasteiger charge is 2.75. The first-order valence-electron chi connectivity index (χ1n) is 16.8. The summed E-state index contributed by atoms with van der Waals surface area (Å²) in [5.41, 5.74) is -0.236. The molecule has 5 aliphatic rings. The smallest absolute Gasteiger partial charge is 0.344 e. The van der Waals surface area contributed by atoms with Gasteiger partial charge in [-0.15, -0.1) is 5.48 Å². The summed E-state index contributed by atoms with van der Waals surface area (Å²) in [4.78, 5) is 47.8. The molecule has 12 heteroatoms. The van der Waals surface area contributed by atoms with Crippen molar-refractivity contribution in [3.63, 3.8) is 0 Å². The molecule has 0 amide bonds. The lowest BCUT2D eigenvalue weighted by Crippen LogP contribution is -2.64. The summed E-state index contributed by atoms with van der Waals surface area (Å²) in [6.45, 7) is 10.5. The predicted molar refractivity (Wildman–Crippen MR) is 166 cm³/mol. The maximum absolute atomic E-state index is 14.8. The Hall–Kier alpha value is -3.32. The van der Waals surface area contributed by atoms with E-state index in [0.29, 0.717) is 49.3 Å². The lowest BCUT2D eigenvalue weighted by Gasteiger charge is -2.46. The van der Waals surface area contributed by atoms with E-state index in [-0.39, 0.29) is 51.7 Å². The molecular weight excluding hydrogens is 608 g/mol. The molecule has 1 spiro atoms. The molecule has 1 aromatic rings. The molecule has 4 N–H and O–H groups in total. The number of nitrogens with one attached hydrogen (secondary N) is 1. The minimum atomic E-state index is -2.40. The van der Waals surface area contributed by atoms with E-state index in [0.717, 1.165) is 0 Å². The average Bonchev–Trinajstić information content (AvgIpc) is 3.41. The molecule has 47 heavy (non-hydrogen) atoms. The molecule has 1 aliphatic heterocycles. The molecular formula is C35H46N2O10. The normalized spacial score (nSPS) is 35.2. The van der Waals surface area contributed by atoms with Gasteiger partial charge in [0.25, 0.3) is 0 Å². The number of carbonyl (C=O) groups is 3. The van der Waals surface area contributed by atoms with Gasteiger partial charge in [0.15, 0.2) is 23.2 Å². The molecule has 8 atom stereocenters. The van der Waals surface area contributed by atoms with E-state index in [4.69, 9.17) is 18.8 Å². The number of fused-ring (bicyclic) bond motifs is 3. The van der Waals surface area contributed by atoms with Gasteiger partial charge in [-0.3, -0.25) is 4.79 Å². The van der Waals surface area contributed by atoms with Gasteiger partial charge in [-0.25, -0.2) is 9.59 Å². The fraction of sp³-hybridized carbons (Fsp3) is 0.657. The Balaban J connectivity index is 1.44. The Kier molecular flexibility index (Phi) is 8.56. The van der Waals surface area contributed by atoms with Gasteiger partial charge >= 0.3 is 11.9 Å². The molecule has 6 rings (SSSR count). The highest BCUT2D eigenvalue weighted by atomic mass is 16.7. The first-order chi connectivity index (χ1) is 22.4. The third-order valence-corrected chi connectivity index (χ3v) is 11.6. The van der Waals surface area contributed by atoms with Gasteiger partial charge in [0.2, 0.25) is 0 Å². The number of nitrogens with zero attached hydrogens (tertiary/aromatic N) is 1. The Morgan fingerprint density at radius 3 is 2.49 bits per heavy atom. The molecule has 2 saturated carbocycles.